The number of hydrogen-bond donors (Lipinski definition) is 4. The molecular formula is C14H21NO3. The maximum Gasteiger partial charge on any atom is 0.124 e. The van der Waals surface area contributed by atoms with Crippen LogP contribution in [0.3, 0.4) is 0 Å². The molecule has 0 aromatic heterocycles. The van der Waals surface area contributed by atoms with Gasteiger partial charge in [0.15, 0.2) is 0 Å². The summed E-state index contributed by atoms with van der Waals surface area (Å²) >= 11 is 0. The number of rotatable bonds is 4. The minimum Gasteiger partial charge on any atom is -0.507 e. The zero-order valence-corrected chi connectivity index (χ0v) is 10.6. The Kier molecular flexibility index (Phi) is 4.09. The van der Waals surface area contributed by atoms with Crippen LogP contribution in [0.4, 0.5) is 0 Å². The number of phenolic OH excluding ortho intramolecular Hbond substituents is 2. The highest BCUT2D eigenvalue weighted by atomic mass is 16.3. The molecule has 1 fully saturated rings. The van der Waals surface area contributed by atoms with E-state index in [4.69, 9.17) is 0 Å². The molecule has 4 nitrogen and oxygen atoms in total. The van der Waals surface area contributed by atoms with Crippen molar-refractivity contribution in [1.29, 1.82) is 0 Å². The molecule has 3 atom stereocenters. The lowest BCUT2D eigenvalue weighted by Gasteiger charge is -2.21. The van der Waals surface area contributed by atoms with Gasteiger partial charge < -0.3 is 20.6 Å². The van der Waals surface area contributed by atoms with Gasteiger partial charge in [0, 0.05) is 12.6 Å². The van der Waals surface area contributed by atoms with Gasteiger partial charge in [-0.2, -0.15) is 0 Å². The molecule has 18 heavy (non-hydrogen) atoms. The zero-order chi connectivity index (χ0) is 13.1. The third kappa shape index (κ3) is 2.76. The van der Waals surface area contributed by atoms with Crippen molar-refractivity contribution in [1.82, 2.24) is 5.32 Å². The summed E-state index contributed by atoms with van der Waals surface area (Å²) in [5, 5.41) is 32.5. The van der Waals surface area contributed by atoms with Crippen molar-refractivity contribution in [2.24, 2.45) is 5.92 Å². The van der Waals surface area contributed by atoms with Crippen LogP contribution in [0.2, 0.25) is 0 Å². The molecule has 1 aromatic rings. The van der Waals surface area contributed by atoms with Crippen molar-refractivity contribution in [2.45, 2.75) is 38.3 Å². The largest absolute Gasteiger partial charge is 0.507 e. The Morgan fingerprint density at radius 1 is 1.28 bits per heavy atom. The minimum atomic E-state index is -0.220. The lowest BCUT2D eigenvalue weighted by atomic mass is 10.0. The van der Waals surface area contributed by atoms with Crippen LogP contribution in [-0.4, -0.2) is 28.0 Å². The average molecular weight is 251 g/mol. The lowest BCUT2D eigenvalue weighted by molar-refractivity contribution is 0.130. The molecule has 2 rings (SSSR count). The first-order chi connectivity index (χ1) is 8.59. The molecule has 0 heterocycles. The molecule has 0 bridgehead atoms. The summed E-state index contributed by atoms with van der Waals surface area (Å²) in [4.78, 5) is 0. The number of benzene rings is 1. The Hall–Kier alpha value is -1.26. The number of nitrogens with one attached hydrogen (secondary N) is 1. The first kappa shape index (κ1) is 13.2. The van der Waals surface area contributed by atoms with Crippen molar-refractivity contribution in [3.63, 3.8) is 0 Å². The van der Waals surface area contributed by atoms with Gasteiger partial charge in [-0.25, -0.2) is 0 Å². The Bertz CT molecular complexity index is 388. The Balaban J connectivity index is 1.97. The van der Waals surface area contributed by atoms with Crippen LogP contribution in [0.25, 0.3) is 0 Å². The maximum absolute atomic E-state index is 9.76. The molecule has 4 N–H and O–H groups in total. The Morgan fingerprint density at radius 3 is 2.50 bits per heavy atom. The number of aromatic hydroxyl groups is 2. The van der Waals surface area contributed by atoms with E-state index in [-0.39, 0.29) is 29.6 Å². The van der Waals surface area contributed by atoms with Crippen LogP contribution >= 0.6 is 0 Å². The molecule has 1 saturated carbocycles. The predicted octanol–water partition coefficient (Wildman–Crippen LogP) is 1.91. The fourth-order valence-corrected chi connectivity index (χ4v) is 2.67. The van der Waals surface area contributed by atoms with E-state index in [0.29, 0.717) is 12.1 Å². The van der Waals surface area contributed by atoms with Gasteiger partial charge in [0.05, 0.1) is 11.7 Å². The van der Waals surface area contributed by atoms with E-state index in [1.165, 1.54) is 0 Å². The lowest BCUT2D eigenvalue weighted by Crippen LogP contribution is -2.29. The quantitative estimate of drug-likeness (QED) is 0.659. The van der Waals surface area contributed by atoms with Crippen molar-refractivity contribution in [3.05, 3.63) is 23.8 Å². The molecular weight excluding hydrogens is 230 g/mol. The van der Waals surface area contributed by atoms with Gasteiger partial charge in [-0.15, -0.1) is 0 Å². The fourth-order valence-electron chi connectivity index (χ4n) is 2.67. The normalized spacial score (nSPS) is 25.2. The van der Waals surface area contributed by atoms with E-state index >= 15 is 0 Å². The monoisotopic (exact) mass is 251 g/mol. The molecule has 0 saturated heterocycles. The second-order valence-corrected chi connectivity index (χ2v) is 5.10. The van der Waals surface area contributed by atoms with Crippen LogP contribution in [0.5, 0.6) is 11.5 Å². The van der Waals surface area contributed by atoms with Crippen LogP contribution in [0.15, 0.2) is 18.2 Å². The van der Waals surface area contributed by atoms with E-state index in [1.54, 1.807) is 18.2 Å². The average Bonchev–Trinajstić information content (AvgIpc) is 2.72. The first-order valence-electron chi connectivity index (χ1n) is 6.52. The molecule has 3 unspecified atom stereocenters. The SMILES string of the molecule is CC(NCC1CCCC1O)c1c(O)cccc1O. The number of aliphatic hydroxyl groups excluding tert-OH is 1. The summed E-state index contributed by atoms with van der Waals surface area (Å²) in [6.45, 7) is 2.60. The van der Waals surface area contributed by atoms with E-state index in [0.717, 1.165) is 19.3 Å². The molecule has 0 aliphatic heterocycles. The summed E-state index contributed by atoms with van der Waals surface area (Å²) in [6.07, 6.45) is 2.77. The molecule has 1 aliphatic rings. The summed E-state index contributed by atoms with van der Waals surface area (Å²) in [7, 11) is 0. The predicted molar refractivity (Wildman–Crippen MR) is 69.5 cm³/mol. The van der Waals surface area contributed by atoms with Gasteiger partial charge >= 0.3 is 0 Å². The first-order valence-corrected chi connectivity index (χ1v) is 6.52. The van der Waals surface area contributed by atoms with Gasteiger partial charge in [0.1, 0.15) is 11.5 Å². The smallest absolute Gasteiger partial charge is 0.124 e. The van der Waals surface area contributed by atoms with E-state index in [9.17, 15) is 15.3 Å². The highest BCUT2D eigenvalue weighted by Gasteiger charge is 2.25. The minimum absolute atomic E-state index is 0.0990. The highest BCUT2D eigenvalue weighted by Crippen LogP contribution is 2.33. The molecule has 1 aliphatic carbocycles. The van der Waals surface area contributed by atoms with Crippen molar-refractivity contribution < 1.29 is 15.3 Å². The maximum atomic E-state index is 9.76. The molecule has 0 radical (unpaired) electrons. The summed E-state index contributed by atoms with van der Waals surface area (Å²) < 4.78 is 0. The molecule has 0 amide bonds. The third-order valence-corrected chi connectivity index (χ3v) is 3.80. The second-order valence-electron chi connectivity index (χ2n) is 5.10. The van der Waals surface area contributed by atoms with Crippen LogP contribution in [0.1, 0.15) is 37.8 Å². The van der Waals surface area contributed by atoms with Crippen LogP contribution < -0.4 is 5.32 Å². The van der Waals surface area contributed by atoms with Gasteiger partial charge in [-0.1, -0.05) is 12.5 Å². The number of hydrogen-bond acceptors (Lipinski definition) is 4. The second kappa shape index (κ2) is 5.59. The van der Waals surface area contributed by atoms with Crippen molar-refractivity contribution in [2.75, 3.05) is 6.54 Å². The molecule has 100 valence electrons. The summed E-state index contributed by atoms with van der Waals surface area (Å²) in [6, 6.07) is 4.61. The van der Waals surface area contributed by atoms with Crippen molar-refractivity contribution in [3.8, 4) is 11.5 Å². The molecule has 4 heteroatoms. The molecule has 0 spiro atoms. The summed E-state index contributed by atoms with van der Waals surface area (Å²) in [5.41, 5.74) is 0.519. The van der Waals surface area contributed by atoms with Gasteiger partial charge in [-0.05, 0) is 37.8 Å². The van der Waals surface area contributed by atoms with Gasteiger partial charge in [0.2, 0.25) is 0 Å². The Morgan fingerprint density at radius 2 is 1.94 bits per heavy atom. The standard InChI is InChI=1S/C14H21NO3/c1-9(14-12(17)6-3-7-13(14)18)15-8-10-4-2-5-11(10)16/h3,6-7,9-11,15-18H,2,4-5,8H2,1H3. The molecule has 1 aromatic carbocycles. The number of aliphatic hydroxyl groups is 1. The third-order valence-electron chi connectivity index (χ3n) is 3.80. The Labute approximate surface area is 107 Å². The van der Waals surface area contributed by atoms with E-state index in [1.807, 2.05) is 6.92 Å². The van der Waals surface area contributed by atoms with Crippen molar-refractivity contribution >= 4 is 0 Å². The topological polar surface area (TPSA) is 72.7 Å². The zero-order valence-electron chi connectivity index (χ0n) is 10.6. The number of phenols is 2. The van der Waals surface area contributed by atoms with Gasteiger partial charge in [-0.3, -0.25) is 0 Å². The summed E-state index contributed by atoms with van der Waals surface area (Å²) in [5.74, 6) is 0.476. The van der Waals surface area contributed by atoms with Gasteiger partial charge in [0.25, 0.3) is 0 Å². The van der Waals surface area contributed by atoms with Crippen LogP contribution in [-0.2, 0) is 0 Å². The van der Waals surface area contributed by atoms with E-state index in [2.05, 4.69) is 5.32 Å². The van der Waals surface area contributed by atoms with Crippen LogP contribution in [0, 0.1) is 5.92 Å². The fraction of sp³-hybridized carbons (Fsp3) is 0.571. The van der Waals surface area contributed by atoms with E-state index < -0.39 is 0 Å². The highest BCUT2D eigenvalue weighted by molar-refractivity contribution is 5.44.